The largest absolute Gasteiger partial charge is 0.351 e. The average Bonchev–Trinajstić information content (AvgIpc) is 3.19. The minimum atomic E-state index is -0.296. The van der Waals surface area contributed by atoms with Gasteiger partial charge in [-0.15, -0.1) is 0 Å². The van der Waals surface area contributed by atoms with Crippen molar-refractivity contribution in [3.05, 3.63) is 46.9 Å². The highest BCUT2D eigenvalue weighted by atomic mass is 32.2. The van der Waals surface area contributed by atoms with Crippen molar-refractivity contribution >= 4 is 28.7 Å². The smallest absolute Gasteiger partial charge is 0.265 e. The van der Waals surface area contributed by atoms with Gasteiger partial charge in [0.1, 0.15) is 5.39 Å². The van der Waals surface area contributed by atoms with E-state index >= 15 is 0 Å². The molecule has 1 amide bonds. The fraction of sp³-hybridized carbons (Fsp3) is 0.368. The van der Waals surface area contributed by atoms with Crippen molar-refractivity contribution in [3.8, 4) is 5.69 Å². The lowest BCUT2D eigenvalue weighted by molar-refractivity contribution is -0.123. The van der Waals surface area contributed by atoms with E-state index in [9.17, 15) is 9.59 Å². The predicted octanol–water partition coefficient (Wildman–Crippen LogP) is 2.53. The number of fused-ring (bicyclic) bond motifs is 2. The Morgan fingerprint density at radius 1 is 1.30 bits per heavy atom. The molecule has 0 bridgehead atoms. The molecular formula is C19H21N5O2S. The summed E-state index contributed by atoms with van der Waals surface area (Å²) in [6.45, 7) is 5.83. The number of aromatic nitrogens is 4. The van der Waals surface area contributed by atoms with E-state index in [-0.39, 0.29) is 29.5 Å². The maximum Gasteiger partial charge on any atom is 0.265 e. The number of amides is 1. The van der Waals surface area contributed by atoms with E-state index in [1.54, 1.807) is 15.4 Å². The van der Waals surface area contributed by atoms with E-state index in [1.165, 1.54) is 11.8 Å². The molecule has 0 spiro atoms. The number of benzene rings is 1. The number of thioether (sulfide) groups is 1. The molecule has 0 fully saturated rings. The van der Waals surface area contributed by atoms with Crippen molar-refractivity contribution in [1.29, 1.82) is 0 Å². The highest BCUT2D eigenvalue weighted by Gasteiger charge is 2.30. The first-order valence-electron chi connectivity index (χ1n) is 8.83. The predicted molar refractivity (Wildman–Crippen MR) is 105 cm³/mol. The Kier molecular flexibility index (Phi) is 4.30. The molecule has 1 N–H and O–H groups in total. The van der Waals surface area contributed by atoms with Gasteiger partial charge in [-0.05, 0) is 32.9 Å². The third kappa shape index (κ3) is 3.37. The average molecular weight is 383 g/mol. The summed E-state index contributed by atoms with van der Waals surface area (Å²) in [5.74, 6) is 0.596. The summed E-state index contributed by atoms with van der Waals surface area (Å²) in [6.07, 6.45) is 1.82. The highest BCUT2D eigenvalue weighted by molar-refractivity contribution is 7.99. The first kappa shape index (κ1) is 17.8. The van der Waals surface area contributed by atoms with Crippen molar-refractivity contribution in [3.63, 3.8) is 0 Å². The number of hydrogen-bond donors (Lipinski definition) is 1. The van der Waals surface area contributed by atoms with Crippen LogP contribution in [0.25, 0.3) is 16.7 Å². The maximum atomic E-state index is 13.1. The van der Waals surface area contributed by atoms with Crippen LogP contribution in [0.5, 0.6) is 0 Å². The number of rotatable bonds is 3. The monoisotopic (exact) mass is 383 g/mol. The Bertz CT molecular complexity index is 1070. The van der Waals surface area contributed by atoms with Gasteiger partial charge in [0.05, 0.1) is 17.9 Å². The van der Waals surface area contributed by atoms with Gasteiger partial charge in [0.25, 0.3) is 5.56 Å². The lowest BCUT2D eigenvalue weighted by Gasteiger charge is -2.22. The number of para-hydroxylation sites is 1. The van der Waals surface area contributed by atoms with Crippen LogP contribution in [-0.4, -0.2) is 36.5 Å². The molecule has 27 heavy (non-hydrogen) atoms. The zero-order valence-corrected chi connectivity index (χ0v) is 16.3. The second-order valence-corrected chi connectivity index (χ2v) is 8.65. The van der Waals surface area contributed by atoms with Gasteiger partial charge in [-0.3, -0.25) is 14.2 Å². The van der Waals surface area contributed by atoms with Crippen LogP contribution in [0.3, 0.4) is 0 Å². The van der Waals surface area contributed by atoms with E-state index in [2.05, 4.69) is 15.4 Å². The molecule has 140 valence electrons. The number of hydrogen-bond acceptors (Lipinski definition) is 5. The van der Waals surface area contributed by atoms with Gasteiger partial charge in [-0.2, -0.15) is 5.10 Å². The van der Waals surface area contributed by atoms with E-state index < -0.39 is 0 Å². The molecule has 0 aliphatic carbocycles. The molecule has 0 saturated carbocycles. The van der Waals surface area contributed by atoms with Gasteiger partial charge in [-0.25, -0.2) is 9.67 Å². The zero-order chi connectivity index (χ0) is 19.2. The van der Waals surface area contributed by atoms with Crippen LogP contribution in [0.1, 0.15) is 33.2 Å². The molecule has 0 radical (unpaired) electrons. The zero-order valence-electron chi connectivity index (χ0n) is 15.5. The molecule has 1 aromatic carbocycles. The summed E-state index contributed by atoms with van der Waals surface area (Å²) >= 11 is 1.50. The minimum absolute atomic E-state index is 0.0621. The molecule has 1 aliphatic rings. The molecule has 2 aromatic heterocycles. The summed E-state index contributed by atoms with van der Waals surface area (Å²) in [5, 5.41) is 8.41. The molecule has 3 aromatic rings. The Hall–Kier alpha value is -2.61. The molecule has 1 atom stereocenters. The molecule has 1 unspecified atom stereocenters. The van der Waals surface area contributed by atoms with Crippen LogP contribution in [0, 0.1) is 0 Å². The van der Waals surface area contributed by atoms with E-state index in [4.69, 9.17) is 0 Å². The van der Waals surface area contributed by atoms with E-state index in [1.807, 2.05) is 51.1 Å². The highest BCUT2D eigenvalue weighted by Crippen LogP contribution is 2.33. The molecule has 7 nitrogen and oxygen atoms in total. The molecule has 0 saturated heterocycles. The SMILES string of the molecule is CC(C)(C)NC(=O)CC1CSc2nc3c(cnn3-c3ccccc3)c(=O)n21. The van der Waals surface area contributed by atoms with Crippen molar-refractivity contribution < 1.29 is 4.79 Å². The van der Waals surface area contributed by atoms with Crippen LogP contribution >= 0.6 is 11.8 Å². The standard InChI is InChI=1S/C19H21N5O2S/c1-19(2,3)22-15(25)9-13-11-27-18-21-16-14(17(26)23(13)18)10-20-24(16)12-7-5-4-6-8-12/h4-8,10,13H,9,11H2,1-3H3,(H,22,25). The normalized spacial score (nSPS) is 16.5. The summed E-state index contributed by atoms with van der Waals surface area (Å²) in [4.78, 5) is 30.1. The van der Waals surface area contributed by atoms with Crippen LogP contribution in [0.2, 0.25) is 0 Å². The Morgan fingerprint density at radius 3 is 2.74 bits per heavy atom. The van der Waals surface area contributed by atoms with Crippen LogP contribution < -0.4 is 10.9 Å². The number of nitrogens with zero attached hydrogens (tertiary/aromatic N) is 4. The Balaban J connectivity index is 1.71. The van der Waals surface area contributed by atoms with Gasteiger partial charge in [0, 0.05) is 17.7 Å². The number of carbonyl (C=O) groups is 1. The van der Waals surface area contributed by atoms with Crippen molar-refractivity contribution in [1.82, 2.24) is 24.6 Å². The Labute approximate surface area is 160 Å². The second kappa shape index (κ2) is 6.53. The van der Waals surface area contributed by atoms with Gasteiger partial charge in [0.2, 0.25) is 5.91 Å². The topological polar surface area (TPSA) is 81.8 Å². The fourth-order valence-corrected chi connectivity index (χ4v) is 4.35. The molecule has 3 heterocycles. The summed E-state index contributed by atoms with van der Waals surface area (Å²) in [5.41, 5.74) is 0.962. The van der Waals surface area contributed by atoms with Crippen LogP contribution in [-0.2, 0) is 4.79 Å². The molecule has 4 rings (SSSR count). The van der Waals surface area contributed by atoms with E-state index in [0.717, 1.165) is 5.69 Å². The Morgan fingerprint density at radius 2 is 2.04 bits per heavy atom. The van der Waals surface area contributed by atoms with Gasteiger partial charge in [-0.1, -0.05) is 30.0 Å². The molecular weight excluding hydrogens is 362 g/mol. The minimum Gasteiger partial charge on any atom is -0.351 e. The van der Waals surface area contributed by atoms with Crippen molar-refractivity contribution in [2.24, 2.45) is 0 Å². The van der Waals surface area contributed by atoms with Gasteiger partial charge < -0.3 is 5.32 Å². The fourth-order valence-electron chi connectivity index (χ4n) is 3.22. The maximum absolute atomic E-state index is 13.1. The summed E-state index contributed by atoms with van der Waals surface area (Å²) in [7, 11) is 0. The van der Waals surface area contributed by atoms with Crippen molar-refractivity contribution in [2.75, 3.05) is 5.75 Å². The quantitative estimate of drug-likeness (QED) is 0.703. The lowest BCUT2D eigenvalue weighted by Crippen LogP contribution is -2.42. The third-order valence-electron chi connectivity index (χ3n) is 4.31. The second-order valence-electron chi connectivity index (χ2n) is 7.67. The molecule has 8 heteroatoms. The third-order valence-corrected chi connectivity index (χ3v) is 5.40. The number of nitrogens with one attached hydrogen (secondary N) is 1. The first-order valence-corrected chi connectivity index (χ1v) is 9.81. The molecule has 1 aliphatic heterocycles. The van der Waals surface area contributed by atoms with E-state index in [0.29, 0.717) is 21.9 Å². The van der Waals surface area contributed by atoms with Crippen LogP contribution in [0.4, 0.5) is 0 Å². The lowest BCUT2D eigenvalue weighted by atomic mass is 10.1. The number of carbonyl (C=O) groups excluding carboxylic acids is 1. The summed E-state index contributed by atoms with van der Waals surface area (Å²) in [6, 6.07) is 9.41. The first-order chi connectivity index (χ1) is 12.8. The van der Waals surface area contributed by atoms with Crippen LogP contribution in [0.15, 0.2) is 46.5 Å². The van der Waals surface area contributed by atoms with Crippen molar-refractivity contribution in [2.45, 2.75) is 43.9 Å². The summed E-state index contributed by atoms with van der Waals surface area (Å²) < 4.78 is 3.32. The van der Waals surface area contributed by atoms with Gasteiger partial charge >= 0.3 is 0 Å². The van der Waals surface area contributed by atoms with Gasteiger partial charge in [0.15, 0.2) is 10.8 Å².